The van der Waals surface area contributed by atoms with Crippen molar-refractivity contribution < 1.29 is 9.50 Å². The second-order valence-corrected chi connectivity index (χ2v) is 7.71. The molecule has 0 radical (unpaired) electrons. The first-order valence-electron chi connectivity index (χ1n) is 10.9. The van der Waals surface area contributed by atoms with E-state index in [1.165, 1.54) is 22.9 Å². The predicted octanol–water partition coefficient (Wildman–Crippen LogP) is 4.84. The molecular formula is C25H30FN3O2. The van der Waals surface area contributed by atoms with Crippen LogP contribution >= 0.6 is 0 Å². The standard InChI is InChI=1S/C25H30FN3O2/c1-2-28(19-20-11-13-21(26)14-12-20)17-7-3-4-8-18-29-25(31)16-15-23(27-29)22-9-5-6-10-24(22)30/h5-6,9-16,30H,2-4,7-8,17-19H2,1H3. The molecule has 0 unspecified atom stereocenters. The molecule has 3 rings (SSSR count). The number of benzene rings is 2. The highest BCUT2D eigenvalue weighted by molar-refractivity contribution is 5.65. The average Bonchev–Trinajstić information content (AvgIpc) is 2.78. The number of hydrogen-bond acceptors (Lipinski definition) is 4. The van der Waals surface area contributed by atoms with E-state index in [0.717, 1.165) is 50.9 Å². The number of aryl methyl sites for hydroxylation is 1. The summed E-state index contributed by atoms with van der Waals surface area (Å²) in [6, 6.07) is 16.8. The van der Waals surface area contributed by atoms with Crippen LogP contribution in [-0.4, -0.2) is 32.9 Å². The molecule has 164 valence electrons. The number of aromatic nitrogens is 2. The molecule has 0 aliphatic heterocycles. The van der Waals surface area contributed by atoms with Crippen LogP contribution in [0.5, 0.6) is 5.75 Å². The van der Waals surface area contributed by atoms with E-state index in [0.29, 0.717) is 17.8 Å². The van der Waals surface area contributed by atoms with Crippen molar-refractivity contribution in [3.05, 3.63) is 82.4 Å². The Kier molecular flexibility index (Phi) is 8.35. The topological polar surface area (TPSA) is 58.4 Å². The number of unbranched alkanes of at least 4 members (excludes halogenated alkanes) is 3. The first-order chi connectivity index (χ1) is 15.1. The lowest BCUT2D eigenvalue weighted by molar-refractivity contribution is 0.272. The minimum atomic E-state index is -0.202. The van der Waals surface area contributed by atoms with Crippen molar-refractivity contribution in [3.63, 3.8) is 0 Å². The SMILES string of the molecule is CCN(CCCCCCn1nc(-c2ccccc2O)ccc1=O)Cc1ccc(F)cc1. The van der Waals surface area contributed by atoms with Crippen molar-refractivity contribution in [2.24, 2.45) is 0 Å². The molecule has 0 aliphatic rings. The van der Waals surface area contributed by atoms with Gasteiger partial charge >= 0.3 is 0 Å². The third kappa shape index (κ3) is 6.76. The van der Waals surface area contributed by atoms with E-state index in [-0.39, 0.29) is 17.1 Å². The molecule has 1 aromatic heterocycles. The third-order valence-electron chi connectivity index (χ3n) is 5.41. The Hall–Kier alpha value is -2.99. The molecule has 0 saturated heterocycles. The van der Waals surface area contributed by atoms with Crippen LogP contribution in [0, 0.1) is 5.82 Å². The summed E-state index contributed by atoms with van der Waals surface area (Å²) in [7, 11) is 0. The third-order valence-corrected chi connectivity index (χ3v) is 5.41. The van der Waals surface area contributed by atoms with Gasteiger partial charge in [0, 0.05) is 24.7 Å². The van der Waals surface area contributed by atoms with Gasteiger partial charge in [0.05, 0.1) is 5.69 Å². The Bertz CT molecular complexity index is 1020. The predicted molar refractivity (Wildman–Crippen MR) is 121 cm³/mol. The van der Waals surface area contributed by atoms with Crippen LogP contribution in [-0.2, 0) is 13.1 Å². The summed E-state index contributed by atoms with van der Waals surface area (Å²) in [6.45, 7) is 5.48. The molecule has 0 aliphatic carbocycles. The minimum absolute atomic E-state index is 0.129. The molecule has 6 heteroatoms. The molecule has 0 saturated carbocycles. The quantitative estimate of drug-likeness (QED) is 0.449. The Labute approximate surface area is 182 Å². The molecule has 0 fully saturated rings. The molecule has 0 atom stereocenters. The van der Waals surface area contributed by atoms with Gasteiger partial charge in [-0.25, -0.2) is 9.07 Å². The average molecular weight is 424 g/mol. The smallest absolute Gasteiger partial charge is 0.266 e. The second-order valence-electron chi connectivity index (χ2n) is 7.71. The van der Waals surface area contributed by atoms with Gasteiger partial charge < -0.3 is 5.11 Å². The molecule has 3 aromatic rings. The summed E-state index contributed by atoms with van der Waals surface area (Å²) in [5, 5.41) is 14.4. The van der Waals surface area contributed by atoms with E-state index in [9.17, 15) is 14.3 Å². The van der Waals surface area contributed by atoms with Crippen LogP contribution in [0.4, 0.5) is 4.39 Å². The number of halogens is 1. The van der Waals surface area contributed by atoms with Gasteiger partial charge in [-0.2, -0.15) is 5.10 Å². The molecule has 0 bridgehead atoms. The van der Waals surface area contributed by atoms with Gasteiger partial charge in [-0.15, -0.1) is 0 Å². The molecule has 31 heavy (non-hydrogen) atoms. The maximum absolute atomic E-state index is 13.1. The van der Waals surface area contributed by atoms with E-state index in [2.05, 4.69) is 16.9 Å². The molecule has 5 nitrogen and oxygen atoms in total. The van der Waals surface area contributed by atoms with Gasteiger partial charge in [-0.3, -0.25) is 9.69 Å². The van der Waals surface area contributed by atoms with Crippen molar-refractivity contribution in [2.45, 2.75) is 45.7 Å². The van der Waals surface area contributed by atoms with Crippen LogP contribution in [0.25, 0.3) is 11.3 Å². The van der Waals surface area contributed by atoms with Crippen LogP contribution in [0.15, 0.2) is 65.5 Å². The van der Waals surface area contributed by atoms with Crippen molar-refractivity contribution in [1.29, 1.82) is 0 Å². The Morgan fingerprint density at radius 1 is 0.968 bits per heavy atom. The highest BCUT2D eigenvalue weighted by Crippen LogP contribution is 2.25. The fraction of sp³-hybridized carbons (Fsp3) is 0.360. The van der Waals surface area contributed by atoms with Crippen molar-refractivity contribution in [1.82, 2.24) is 14.7 Å². The van der Waals surface area contributed by atoms with Gasteiger partial charge in [0.1, 0.15) is 11.6 Å². The van der Waals surface area contributed by atoms with Gasteiger partial charge in [0.15, 0.2) is 0 Å². The monoisotopic (exact) mass is 423 g/mol. The maximum Gasteiger partial charge on any atom is 0.266 e. The Balaban J connectivity index is 1.43. The first kappa shape index (κ1) is 22.7. The van der Waals surface area contributed by atoms with E-state index < -0.39 is 0 Å². The normalized spacial score (nSPS) is 11.2. The summed E-state index contributed by atoms with van der Waals surface area (Å²) >= 11 is 0. The zero-order valence-corrected chi connectivity index (χ0v) is 18.0. The summed E-state index contributed by atoms with van der Waals surface area (Å²) in [6.07, 6.45) is 4.05. The van der Waals surface area contributed by atoms with Crippen molar-refractivity contribution in [2.75, 3.05) is 13.1 Å². The van der Waals surface area contributed by atoms with Gasteiger partial charge in [-0.05, 0) is 61.8 Å². The molecule has 0 amide bonds. The van der Waals surface area contributed by atoms with Crippen LogP contribution < -0.4 is 5.56 Å². The van der Waals surface area contributed by atoms with Gasteiger partial charge in [0.2, 0.25) is 0 Å². The van der Waals surface area contributed by atoms with Gasteiger partial charge in [0.25, 0.3) is 5.56 Å². The zero-order valence-electron chi connectivity index (χ0n) is 18.0. The fourth-order valence-corrected chi connectivity index (χ4v) is 3.59. The van der Waals surface area contributed by atoms with E-state index in [4.69, 9.17) is 0 Å². The number of hydrogen-bond donors (Lipinski definition) is 1. The van der Waals surface area contributed by atoms with Gasteiger partial charge in [-0.1, -0.05) is 44.0 Å². The highest BCUT2D eigenvalue weighted by atomic mass is 19.1. The highest BCUT2D eigenvalue weighted by Gasteiger charge is 2.08. The number of aromatic hydroxyl groups is 1. The number of phenols is 1. The van der Waals surface area contributed by atoms with Crippen molar-refractivity contribution in [3.8, 4) is 17.0 Å². The molecule has 0 spiro atoms. The molecular weight excluding hydrogens is 393 g/mol. The molecule has 1 heterocycles. The lowest BCUT2D eigenvalue weighted by Gasteiger charge is -2.20. The lowest BCUT2D eigenvalue weighted by atomic mass is 10.1. The molecule has 2 aromatic carbocycles. The summed E-state index contributed by atoms with van der Waals surface area (Å²) in [4.78, 5) is 14.5. The van der Waals surface area contributed by atoms with Crippen LogP contribution in [0.3, 0.4) is 0 Å². The lowest BCUT2D eigenvalue weighted by Crippen LogP contribution is -2.24. The molecule has 1 N–H and O–H groups in total. The largest absolute Gasteiger partial charge is 0.507 e. The number of phenolic OH excluding ortho intramolecular Hbond substituents is 1. The first-order valence-corrected chi connectivity index (χ1v) is 10.9. The van der Waals surface area contributed by atoms with E-state index >= 15 is 0 Å². The second kappa shape index (κ2) is 11.4. The number of nitrogens with zero attached hydrogens (tertiary/aromatic N) is 3. The van der Waals surface area contributed by atoms with Crippen LogP contribution in [0.2, 0.25) is 0 Å². The Morgan fingerprint density at radius 3 is 2.45 bits per heavy atom. The van der Waals surface area contributed by atoms with Crippen LogP contribution in [0.1, 0.15) is 38.2 Å². The Morgan fingerprint density at radius 2 is 1.71 bits per heavy atom. The summed E-state index contributed by atoms with van der Waals surface area (Å²) < 4.78 is 14.5. The zero-order chi connectivity index (χ0) is 22.1. The van der Waals surface area contributed by atoms with E-state index in [1.807, 2.05) is 18.2 Å². The fourth-order valence-electron chi connectivity index (χ4n) is 3.59. The number of para-hydroxylation sites is 1. The number of rotatable bonds is 11. The minimum Gasteiger partial charge on any atom is -0.507 e. The summed E-state index contributed by atoms with van der Waals surface area (Å²) in [5.74, 6) is -0.0483. The van der Waals surface area contributed by atoms with Crippen molar-refractivity contribution >= 4 is 0 Å². The maximum atomic E-state index is 13.1. The van der Waals surface area contributed by atoms with E-state index in [1.54, 1.807) is 24.3 Å². The summed E-state index contributed by atoms with van der Waals surface area (Å²) in [5.41, 5.74) is 2.21.